The highest BCUT2D eigenvalue weighted by atomic mass is 19.1. The third kappa shape index (κ3) is 2.13. The zero-order valence-corrected chi connectivity index (χ0v) is 8.93. The molecule has 0 aliphatic heterocycles. The van der Waals surface area contributed by atoms with Crippen LogP contribution >= 0.6 is 0 Å². The van der Waals surface area contributed by atoms with Crippen LogP contribution in [-0.4, -0.2) is 10.0 Å². The zero-order valence-electron chi connectivity index (χ0n) is 8.93. The molecule has 0 amide bonds. The number of nitrogens with zero attached hydrogens (tertiary/aromatic N) is 1. The predicted octanol–water partition coefficient (Wildman–Crippen LogP) is 3.25. The highest BCUT2D eigenvalue weighted by Crippen LogP contribution is 2.32. The summed E-state index contributed by atoms with van der Waals surface area (Å²) in [5.41, 5.74) is -0.536. The Balaban J connectivity index is 2.61. The minimum Gasteiger partial charge on any atom is -0.502 e. The van der Waals surface area contributed by atoms with Crippen molar-refractivity contribution in [1.29, 1.82) is 0 Å². The first-order valence-electron chi connectivity index (χ1n) is 4.92. The van der Waals surface area contributed by atoms with E-state index in [9.17, 15) is 24.0 Å². The van der Waals surface area contributed by atoms with Gasteiger partial charge >= 0.3 is 5.69 Å². The van der Waals surface area contributed by atoms with Crippen LogP contribution in [0.15, 0.2) is 36.4 Å². The van der Waals surface area contributed by atoms with Gasteiger partial charge in [-0.05, 0) is 29.8 Å². The van der Waals surface area contributed by atoms with Crippen molar-refractivity contribution in [3.63, 3.8) is 0 Å². The Bertz CT molecular complexity index is 629. The lowest BCUT2D eigenvalue weighted by atomic mass is 10.0. The van der Waals surface area contributed by atoms with Gasteiger partial charge in [0.05, 0.1) is 4.92 Å². The molecule has 0 atom stereocenters. The number of hydrogen-bond donors (Lipinski definition) is 1. The van der Waals surface area contributed by atoms with E-state index in [0.717, 1.165) is 30.3 Å². The number of halogens is 2. The number of phenols is 1. The van der Waals surface area contributed by atoms with Crippen molar-refractivity contribution in [2.75, 3.05) is 0 Å². The molecule has 0 bridgehead atoms. The highest BCUT2D eigenvalue weighted by Gasteiger charge is 2.16. The van der Waals surface area contributed by atoms with Gasteiger partial charge in [-0.25, -0.2) is 8.78 Å². The lowest BCUT2D eigenvalue weighted by Crippen LogP contribution is -1.91. The average molecular weight is 251 g/mol. The number of hydrogen-bond acceptors (Lipinski definition) is 3. The summed E-state index contributed by atoms with van der Waals surface area (Å²) in [6.45, 7) is 0. The van der Waals surface area contributed by atoms with Crippen LogP contribution in [0.25, 0.3) is 11.1 Å². The maximum atomic E-state index is 13.5. The molecule has 18 heavy (non-hydrogen) atoms. The Morgan fingerprint density at radius 2 is 1.83 bits per heavy atom. The van der Waals surface area contributed by atoms with Crippen molar-refractivity contribution in [2.45, 2.75) is 0 Å². The first kappa shape index (κ1) is 12.0. The van der Waals surface area contributed by atoms with Crippen LogP contribution in [0.1, 0.15) is 0 Å². The number of nitro groups is 1. The molecular formula is C12H7F2NO3. The predicted molar refractivity (Wildman–Crippen MR) is 60.1 cm³/mol. The molecular weight excluding hydrogens is 244 g/mol. The van der Waals surface area contributed by atoms with E-state index in [-0.39, 0.29) is 11.1 Å². The Labute approximate surface area is 100 Å². The van der Waals surface area contributed by atoms with Crippen LogP contribution in [0, 0.1) is 21.7 Å². The first-order chi connectivity index (χ1) is 8.49. The minimum absolute atomic E-state index is 0.0990. The van der Waals surface area contributed by atoms with Crippen LogP contribution in [0.2, 0.25) is 0 Å². The van der Waals surface area contributed by atoms with Gasteiger partial charge < -0.3 is 5.11 Å². The molecule has 92 valence electrons. The van der Waals surface area contributed by atoms with Crippen LogP contribution in [0.4, 0.5) is 14.5 Å². The lowest BCUT2D eigenvalue weighted by molar-refractivity contribution is -0.385. The Kier molecular flexibility index (Phi) is 2.93. The van der Waals surface area contributed by atoms with Crippen molar-refractivity contribution in [3.8, 4) is 16.9 Å². The third-order valence-corrected chi connectivity index (χ3v) is 2.41. The molecule has 0 aliphatic rings. The molecule has 2 aromatic carbocycles. The molecule has 6 heteroatoms. The van der Waals surface area contributed by atoms with Gasteiger partial charge in [-0.2, -0.15) is 0 Å². The van der Waals surface area contributed by atoms with E-state index in [1.807, 2.05) is 0 Å². The average Bonchev–Trinajstić information content (AvgIpc) is 2.33. The molecule has 0 radical (unpaired) electrons. The number of phenolic OH excluding ortho intramolecular Hbond substituents is 1. The molecule has 0 heterocycles. The van der Waals surface area contributed by atoms with Gasteiger partial charge in [-0.1, -0.05) is 6.07 Å². The van der Waals surface area contributed by atoms with E-state index in [2.05, 4.69) is 0 Å². The van der Waals surface area contributed by atoms with Crippen LogP contribution in [0.3, 0.4) is 0 Å². The Morgan fingerprint density at radius 1 is 1.11 bits per heavy atom. The molecule has 0 unspecified atom stereocenters. The van der Waals surface area contributed by atoms with Crippen molar-refractivity contribution < 1.29 is 18.8 Å². The molecule has 2 aromatic rings. The quantitative estimate of drug-likeness (QED) is 0.658. The molecule has 0 spiro atoms. The topological polar surface area (TPSA) is 63.4 Å². The second kappa shape index (κ2) is 4.40. The van der Waals surface area contributed by atoms with E-state index in [1.54, 1.807) is 0 Å². The first-order valence-corrected chi connectivity index (χ1v) is 4.92. The summed E-state index contributed by atoms with van der Waals surface area (Å²) >= 11 is 0. The van der Waals surface area contributed by atoms with E-state index < -0.39 is 28.0 Å². The summed E-state index contributed by atoms with van der Waals surface area (Å²) in [6.07, 6.45) is 0. The van der Waals surface area contributed by atoms with Crippen LogP contribution in [-0.2, 0) is 0 Å². The zero-order chi connectivity index (χ0) is 13.3. The smallest absolute Gasteiger partial charge is 0.311 e. The van der Waals surface area contributed by atoms with Gasteiger partial charge in [0.25, 0.3) is 0 Å². The maximum Gasteiger partial charge on any atom is 0.311 e. The molecule has 2 rings (SSSR count). The summed E-state index contributed by atoms with van der Waals surface area (Å²) in [6, 6.07) is 6.16. The van der Waals surface area contributed by atoms with E-state index >= 15 is 0 Å². The van der Waals surface area contributed by atoms with E-state index in [1.165, 1.54) is 6.07 Å². The standard InChI is InChI=1S/C12H7F2NO3/c13-8-2-3-10(14)9(6-8)7-1-4-12(16)11(5-7)15(17)18/h1-6,16H. The largest absolute Gasteiger partial charge is 0.502 e. The fourth-order valence-electron chi connectivity index (χ4n) is 1.56. The maximum absolute atomic E-state index is 13.5. The van der Waals surface area contributed by atoms with Gasteiger partial charge in [0, 0.05) is 11.6 Å². The number of aromatic hydroxyl groups is 1. The Hall–Kier alpha value is -2.50. The fourth-order valence-corrected chi connectivity index (χ4v) is 1.56. The van der Waals surface area contributed by atoms with E-state index in [0.29, 0.717) is 0 Å². The monoisotopic (exact) mass is 251 g/mol. The summed E-state index contributed by atoms with van der Waals surface area (Å²) in [4.78, 5) is 9.84. The Morgan fingerprint density at radius 3 is 2.50 bits per heavy atom. The molecule has 0 fully saturated rings. The van der Waals surface area contributed by atoms with Crippen molar-refractivity contribution in [2.24, 2.45) is 0 Å². The summed E-state index contributed by atoms with van der Waals surface area (Å²) in [5, 5.41) is 19.9. The number of benzene rings is 2. The number of rotatable bonds is 2. The summed E-state index contributed by atoms with van der Waals surface area (Å²) in [5.74, 6) is -1.88. The van der Waals surface area contributed by atoms with Crippen molar-refractivity contribution in [3.05, 3.63) is 58.1 Å². The minimum atomic E-state index is -0.796. The van der Waals surface area contributed by atoms with Crippen LogP contribution in [0.5, 0.6) is 5.75 Å². The molecule has 0 saturated heterocycles. The molecule has 1 N–H and O–H groups in total. The SMILES string of the molecule is O=[N+]([O-])c1cc(-c2cc(F)ccc2F)ccc1O. The third-order valence-electron chi connectivity index (χ3n) is 2.41. The summed E-state index contributed by atoms with van der Waals surface area (Å²) < 4.78 is 26.5. The summed E-state index contributed by atoms with van der Waals surface area (Å²) in [7, 11) is 0. The second-order valence-electron chi connectivity index (χ2n) is 3.58. The normalized spacial score (nSPS) is 10.3. The molecule has 0 aromatic heterocycles. The molecule has 0 aliphatic carbocycles. The van der Waals surface area contributed by atoms with Crippen molar-refractivity contribution >= 4 is 5.69 Å². The fraction of sp³-hybridized carbons (Fsp3) is 0. The van der Waals surface area contributed by atoms with Gasteiger partial charge in [0.15, 0.2) is 5.75 Å². The highest BCUT2D eigenvalue weighted by molar-refractivity contribution is 5.69. The van der Waals surface area contributed by atoms with Gasteiger partial charge in [0.2, 0.25) is 0 Å². The molecule has 0 saturated carbocycles. The lowest BCUT2D eigenvalue weighted by Gasteiger charge is -2.04. The number of nitro benzene ring substituents is 1. The van der Waals surface area contributed by atoms with Crippen LogP contribution < -0.4 is 0 Å². The van der Waals surface area contributed by atoms with Gasteiger partial charge in [0.1, 0.15) is 11.6 Å². The van der Waals surface area contributed by atoms with E-state index in [4.69, 9.17) is 0 Å². The second-order valence-corrected chi connectivity index (χ2v) is 3.58. The molecule has 4 nitrogen and oxygen atoms in total. The van der Waals surface area contributed by atoms with Crippen molar-refractivity contribution in [1.82, 2.24) is 0 Å². The van der Waals surface area contributed by atoms with Gasteiger partial charge in [-0.3, -0.25) is 10.1 Å². The van der Waals surface area contributed by atoms with Gasteiger partial charge in [-0.15, -0.1) is 0 Å².